The van der Waals surface area contributed by atoms with Crippen LogP contribution in [0.5, 0.6) is 0 Å². The first-order chi connectivity index (χ1) is 11.5. The van der Waals surface area contributed by atoms with Crippen LogP contribution < -0.4 is 4.90 Å². The summed E-state index contributed by atoms with van der Waals surface area (Å²) in [4.78, 5) is 26.8. The van der Waals surface area contributed by atoms with Crippen molar-refractivity contribution in [3.05, 3.63) is 29.3 Å². The number of halogens is 2. The summed E-state index contributed by atoms with van der Waals surface area (Å²) in [5.41, 5.74) is 0.814. The first kappa shape index (κ1) is 15.7. The highest BCUT2D eigenvalue weighted by molar-refractivity contribution is 5.98. The molecule has 128 valence electrons. The van der Waals surface area contributed by atoms with Gasteiger partial charge in [0.15, 0.2) is 0 Å². The number of carbonyl (C=O) groups is 2. The first-order valence-electron chi connectivity index (χ1n) is 8.87. The summed E-state index contributed by atoms with van der Waals surface area (Å²) in [5, 5.41) is 0. The summed E-state index contributed by atoms with van der Waals surface area (Å²) in [6.07, 6.45) is 5.21. The third-order valence-electron chi connectivity index (χ3n) is 5.90. The molecule has 2 atom stereocenters. The summed E-state index contributed by atoms with van der Waals surface area (Å²) < 4.78 is 27.7. The number of benzene rings is 1. The van der Waals surface area contributed by atoms with Crippen LogP contribution in [0.1, 0.15) is 44.1 Å². The lowest BCUT2D eigenvalue weighted by atomic mass is 9.67. The smallest absolute Gasteiger partial charge is 0.230 e. The number of Topliss-reactive ketones (excluding diaryl/α,β-unsaturated/α-hetero) is 1. The fraction of sp³-hybridized carbons (Fsp3) is 0.579. The third-order valence-corrected chi connectivity index (χ3v) is 5.90. The van der Waals surface area contributed by atoms with Gasteiger partial charge in [0.25, 0.3) is 0 Å². The quantitative estimate of drug-likeness (QED) is 0.787. The molecule has 2 saturated carbocycles. The number of fused-ring (bicyclic) bond motifs is 3. The lowest BCUT2D eigenvalue weighted by molar-refractivity contribution is -0.136. The Bertz CT molecular complexity index is 687. The Morgan fingerprint density at radius 2 is 1.79 bits per heavy atom. The predicted molar refractivity (Wildman–Crippen MR) is 85.6 cm³/mol. The second kappa shape index (κ2) is 5.94. The van der Waals surface area contributed by atoms with E-state index in [4.69, 9.17) is 0 Å². The molecule has 24 heavy (non-hydrogen) atoms. The van der Waals surface area contributed by atoms with Crippen LogP contribution in [0.4, 0.5) is 14.5 Å². The van der Waals surface area contributed by atoms with Crippen LogP contribution in [0.15, 0.2) is 12.1 Å². The molecule has 4 rings (SSSR count). The Morgan fingerprint density at radius 3 is 2.50 bits per heavy atom. The van der Waals surface area contributed by atoms with E-state index in [0.717, 1.165) is 25.3 Å². The molecule has 5 heteroatoms. The molecule has 0 saturated heterocycles. The van der Waals surface area contributed by atoms with Gasteiger partial charge in [-0.3, -0.25) is 9.59 Å². The summed E-state index contributed by atoms with van der Waals surface area (Å²) in [6.45, 7) is 0.495. The SMILES string of the molecule is O=C1[C@H]2CCC[C@H]1CC(C(=O)N1CCCc3c(F)cc(F)cc31)C2. The fourth-order valence-electron chi connectivity index (χ4n) is 4.74. The summed E-state index contributed by atoms with van der Waals surface area (Å²) in [6, 6.07) is 2.15. The van der Waals surface area contributed by atoms with Crippen molar-refractivity contribution in [1.82, 2.24) is 0 Å². The standard InChI is InChI=1S/C19H21F2NO2/c20-14-9-16(21)15-5-2-6-22(17(15)10-14)19(24)13-7-11-3-1-4-12(8-13)18(11)23/h9-13H,1-8H2/t11-,12-/m0/s1. The van der Waals surface area contributed by atoms with Crippen LogP contribution in [0.2, 0.25) is 0 Å². The Hall–Kier alpha value is -1.78. The van der Waals surface area contributed by atoms with Gasteiger partial charge in [0.2, 0.25) is 5.91 Å². The van der Waals surface area contributed by atoms with E-state index in [-0.39, 0.29) is 23.7 Å². The van der Waals surface area contributed by atoms with Crippen molar-refractivity contribution >= 4 is 17.4 Å². The van der Waals surface area contributed by atoms with Crippen LogP contribution in [-0.2, 0) is 16.0 Å². The Kier molecular flexibility index (Phi) is 3.89. The molecule has 0 aromatic heterocycles. The van der Waals surface area contributed by atoms with Crippen LogP contribution in [0.3, 0.4) is 0 Å². The van der Waals surface area contributed by atoms with Crippen molar-refractivity contribution in [2.24, 2.45) is 17.8 Å². The minimum absolute atomic E-state index is 0.0000402. The van der Waals surface area contributed by atoms with Gasteiger partial charge in [0.05, 0.1) is 5.69 Å². The Labute approximate surface area is 140 Å². The van der Waals surface area contributed by atoms with E-state index in [1.807, 2.05) is 0 Å². The van der Waals surface area contributed by atoms with E-state index in [2.05, 4.69) is 0 Å². The fourth-order valence-corrected chi connectivity index (χ4v) is 4.74. The highest BCUT2D eigenvalue weighted by atomic mass is 19.1. The second-order valence-electron chi connectivity index (χ2n) is 7.37. The average molecular weight is 333 g/mol. The monoisotopic (exact) mass is 333 g/mol. The number of ketones is 1. The molecule has 1 amide bonds. The molecule has 0 N–H and O–H groups in total. The van der Waals surface area contributed by atoms with Crippen molar-refractivity contribution in [2.45, 2.75) is 44.9 Å². The molecular weight excluding hydrogens is 312 g/mol. The van der Waals surface area contributed by atoms with Gasteiger partial charge in [0.1, 0.15) is 17.4 Å². The highest BCUT2D eigenvalue weighted by Gasteiger charge is 2.43. The molecule has 1 heterocycles. The average Bonchev–Trinajstić information content (AvgIpc) is 2.53. The maximum absolute atomic E-state index is 14.0. The van der Waals surface area contributed by atoms with Crippen molar-refractivity contribution in [3.8, 4) is 0 Å². The van der Waals surface area contributed by atoms with Crippen LogP contribution in [0, 0.1) is 29.4 Å². The normalized spacial score (nSPS) is 29.3. The van der Waals surface area contributed by atoms with Gasteiger partial charge < -0.3 is 4.90 Å². The van der Waals surface area contributed by atoms with Gasteiger partial charge in [0, 0.05) is 35.9 Å². The van der Waals surface area contributed by atoms with Crippen LogP contribution in [0.25, 0.3) is 0 Å². The van der Waals surface area contributed by atoms with E-state index in [9.17, 15) is 18.4 Å². The summed E-state index contributed by atoms with van der Waals surface area (Å²) >= 11 is 0. The van der Waals surface area contributed by atoms with Crippen molar-refractivity contribution in [1.29, 1.82) is 0 Å². The molecule has 1 aromatic carbocycles. The third kappa shape index (κ3) is 2.54. The molecule has 3 nitrogen and oxygen atoms in total. The number of hydrogen-bond donors (Lipinski definition) is 0. The van der Waals surface area contributed by atoms with Gasteiger partial charge >= 0.3 is 0 Å². The zero-order valence-electron chi connectivity index (χ0n) is 13.6. The number of rotatable bonds is 1. The number of hydrogen-bond acceptors (Lipinski definition) is 2. The number of nitrogens with zero attached hydrogens (tertiary/aromatic N) is 1. The Morgan fingerprint density at radius 1 is 1.08 bits per heavy atom. The lowest BCUT2D eigenvalue weighted by Gasteiger charge is -2.40. The number of anilines is 1. The number of carbonyl (C=O) groups excluding carboxylic acids is 2. The van der Waals surface area contributed by atoms with Crippen molar-refractivity contribution in [3.63, 3.8) is 0 Å². The topological polar surface area (TPSA) is 37.4 Å². The molecule has 2 fully saturated rings. The minimum atomic E-state index is -0.651. The Balaban J connectivity index is 1.61. The highest BCUT2D eigenvalue weighted by Crippen LogP contribution is 2.42. The minimum Gasteiger partial charge on any atom is -0.312 e. The van der Waals surface area contributed by atoms with E-state index >= 15 is 0 Å². The first-order valence-corrected chi connectivity index (χ1v) is 8.87. The van der Waals surface area contributed by atoms with Gasteiger partial charge in [-0.15, -0.1) is 0 Å². The molecule has 0 radical (unpaired) electrons. The maximum Gasteiger partial charge on any atom is 0.230 e. The van der Waals surface area contributed by atoms with E-state index in [0.29, 0.717) is 49.3 Å². The molecule has 0 spiro atoms. The molecule has 1 aliphatic heterocycles. The van der Waals surface area contributed by atoms with E-state index in [1.54, 1.807) is 4.90 Å². The van der Waals surface area contributed by atoms with Gasteiger partial charge in [-0.05, 0) is 44.6 Å². The zero-order valence-corrected chi connectivity index (χ0v) is 13.6. The molecule has 2 aliphatic carbocycles. The largest absolute Gasteiger partial charge is 0.312 e. The predicted octanol–water partition coefficient (Wildman–Crippen LogP) is 3.64. The van der Waals surface area contributed by atoms with Crippen molar-refractivity contribution < 1.29 is 18.4 Å². The molecule has 0 unspecified atom stereocenters. The lowest BCUT2D eigenvalue weighted by Crippen LogP contribution is -2.46. The van der Waals surface area contributed by atoms with Crippen LogP contribution in [-0.4, -0.2) is 18.2 Å². The number of amides is 1. The molecule has 1 aromatic rings. The summed E-state index contributed by atoms with van der Waals surface area (Å²) in [5.74, 6) is -1.16. The summed E-state index contributed by atoms with van der Waals surface area (Å²) in [7, 11) is 0. The molecular formula is C19H21F2NO2. The van der Waals surface area contributed by atoms with E-state index in [1.165, 1.54) is 6.07 Å². The van der Waals surface area contributed by atoms with E-state index < -0.39 is 11.6 Å². The second-order valence-corrected chi connectivity index (χ2v) is 7.37. The molecule has 2 bridgehead atoms. The van der Waals surface area contributed by atoms with Gasteiger partial charge in [-0.1, -0.05) is 6.42 Å². The van der Waals surface area contributed by atoms with Gasteiger partial charge in [-0.2, -0.15) is 0 Å². The van der Waals surface area contributed by atoms with Gasteiger partial charge in [-0.25, -0.2) is 8.78 Å². The van der Waals surface area contributed by atoms with Crippen LogP contribution >= 0.6 is 0 Å². The van der Waals surface area contributed by atoms with Crippen molar-refractivity contribution in [2.75, 3.05) is 11.4 Å². The maximum atomic E-state index is 14.0. The molecule has 3 aliphatic rings. The zero-order chi connectivity index (χ0) is 16.8.